The molecule has 2 aromatic carbocycles. The van der Waals surface area contributed by atoms with Crippen LogP contribution in [-0.4, -0.2) is 28.6 Å². The van der Waals surface area contributed by atoms with Crippen molar-refractivity contribution in [1.29, 1.82) is 0 Å². The molecule has 0 aliphatic carbocycles. The van der Waals surface area contributed by atoms with Gasteiger partial charge in [0.1, 0.15) is 5.82 Å². The summed E-state index contributed by atoms with van der Waals surface area (Å²) >= 11 is 3.35. The minimum absolute atomic E-state index is 0.0182. The van der Waals surface area contributed by atoms with Gasteiger partial charge in [0.15, 0.2) is 6.61 Å². The number of halogens is 2. The zero-order valence-corrected chi connectivity index (χ0v) is 17.0. The SMILES string of the molecule is Cc1cc(Br)ccc1NC(=O)COC(=O)CCc1nc(-c2ccc(F)cc2)no1. The van der Waals surface area contributed by atoms with Crippen molar-refractivity contribution in [3.8, 4) is 11.4 Å². The van der Waals surface area contributed by atoms with E-state index in [1.807, 2.05) is 13.0 Å². The van der Waals surface area contributed by atoms with Gasteiger partial charge in [-0.15, -0.1) is 0 Å². The Balaban J connectivity index is 1.44. The summed E-state index contributed by atoms with van der Waals surface area (Å²) in [4.78, 5) is 28.0. The molecule has 0 spiro atoms. The second-order valence-corrected chi connectivity index (χ2v) is 7.10. The Kier molecular flexibility index (Phi) is 6.71. The number of nitrogens with one attached hydrogen (secondary N) is 1. The van der Waals surface area contributed by atoms with E-state index in [4.69, 9.17) is 9.26 Å². The summed E-state index contributed by atoms with van der Waals surface area (Å²) in [5, 5.41) is 6.49. The average molecular weight is 462 g/mol. The number of aromatic nitrogens is 2. The van der Waals surface area contributed by atoms with E-state index in [2.05, 4.69) is 31.4 Å². The highest BCUT2D eigenvalue weighted by atomic mass is 79.9. The minimum atomic E-state index is -0.561. The van der Waals surface area contributed by atoms with Gasteiger partial charge in [-0.25, -0.2) is 4.39 Å². The predicted molar refractivity (Wildman–Crippen MR) is 106 cm³/mol. The Hall–Kier alpha value is -3.07. The smallest absolute Gasteiger partial charge is 0.306 e. The van der Waals surface area contributed by atoms with Crippen LogP contribution in [0.2, 0.25) is 0 Å². The van der Waals surface area contributed by atoms with Gasteiger partial charge in [-0.1, -0.05) is 21.1 Å². The highest BCUT2D eigenvalue weighted by Crippen LogP contribution is 2.20. The lowest BCUT2D eigenvalue weighted by molar-refractivity contribution is -0.147. The summed E-state index contributed by atoms with van der Waals surface area (Å²) in [6.07, 6.45) is 0.149. The van der Waals surface area contributed by atoms with Crippen molar-refractivity contribution in [2.45, 2.75) is 19.8 Å². The van der Waals surface area contributed by atoms with Crippen LogP contribution < -0.4 is 5.32 Å². The molecule has 0 bridgehead atoms. The van der Waals surface area contributed by atoms with E-state index in [9.17, 15) is 14.0 Å². The quantitative estimate of drug-likeness (QED) is 0.533. The molecule has 7 nitrogen and oxygen atoms in total. The topological polar surface area (TPSA) is 94.3 Å². The second kappa shape index (κ2) is 9.42. The summed E-state index contributed by atoms with van der Waals surface area (Å²) in [5.41, 5.74) is 2.13. The van der Waals surface area contributed by atoms with E-state index in [0.29, 0.717) is 17.1 Å². The molecular weight excluding hydrogens is 445 g/mol. The van der Waals surface area contributed by atoms with Gasteiger partial charge in [-0.3, -0.25) is 9.59 Å². The number of carbonyl (C=O) groups is 2. The lowest BCUT2D eigenvalue weighted by Crippen LogP contribution is -2.21. The third-order valence-electron chi connectivity index (χ3n) is 3.94. The van der Waals surface area contributed by atoms with Crippen molar-refractivity contribution in [2.75, 3.05) is 11.9 Å². The van der Waals surface area contributed by atoms with Crippen LogP contribution in [0.5, 0.6) is 0 Å². The van der Waals surface area contributed by atoms with E-state index in [1.54, 1.807) is 12.1 Å². The number of carbonyl (C=O) groups excluding carboxylic acids is 2. The average Bonchev–Trinajstić information content (AvgIpc) is 3.16. The van der Waals surface area contributed by atoms with Gasteiger partial charge in [-0.05, 0) is 55.0 Å². The molecule has 0 aliphatic heterocycles. The number of amides is 1. The fraction of sp³-hybridized carbons (Fsp3) is 0.200. The molecule has 0 saturated heterocycles. The molecule has 29 heavy (non-hydrogen) atoms. The van der Waals surface area contributed by atoms with Crippen molar-refractivity contribution >= 4 is 33.5 Å². The molecule has 3 aromatic rings. The van der Waals surface area contributed by atoms with Crippen LogP contribution in [0.25, 0.3) is 11.4 Å². The Morgan fingerprint density at radius 3 is 2.69 bits per heavy atom. The van der Waals surface area contributed by atoms with Crippen molar-refractivity contribution in [3.63, 3.8) is 0 Å². The fourth-order valence-corrected chi connectivity index (χ4v) is 2.93. The number of rotatable bonds is 7. The summed E-state index contributed by atoms with van der Waals surface area (Å²) in [6.45, 7) is 1.47. The number of hydrogen-bond acceptors (Lipinski definition) is 6. The lowest BCUT2D eigenvalue weighted by Gasteiger charge is -2.09. The third kappa shape index (κ3) is 5.95. The molecule has 1 heterocycles. The lowest BCUT2D eigenvalue weighted by atomic mass is 10.2. The maximum atomic E-state index is 13.0. The van der Waals surface area contributed by atoms with Crippen molar-refractivity contribution in [2.24, 2.45) is 0 Å². The number of ether oxygens (including phenoxy) is 1. The molecule has 0 saturated carbocycles. The maximum absolute atomic E-state index is 13.0. The fourth-order valence-electron chi connectivity index (χ4n) is 2.45. The van der Waals surface area contributed by atoms with E-state index < -0.39 is 11.9 Å². The van der Waals surface area contributed by atoms with Crippen molar-refractivity contribution in [3.05, 3.63) is 64.2 Å². The van der Waals surface area contributed by atoms with Gasteiger partial charge in [-0.2, -0.15) is 4.98 Å². The first-order chi connectivity index (χ1) is 13.9. The number of benzene rings is 2. The molecule has 0 aliphatic rings. The summed E-state index contributed by atoms with van der Waals surface area (Å²) in [6, 6.07) is 11.1. The number of anilines is 1. The van der Waals surface area contributed by atoms with Crippen LogP contribution in [-0.2, 0) is 20.7 Å². The van der Waals surface area contributed by atoms with Crippen molar-refractivity contribution in [1.82, 2.24) is 10.1 Å². The zero-order valence-electron chi connectivity index (χ0n) is 15.4. The normalized spacial score (nSPS) is 10.6. The van der Waals surface area contributed by atoms with E-state index >= 15 is 0 Å². The van der Waals surface area contributed by atoms with Gasteiger partial charge in [0.2, 0.25) is 11.7 Å². The highest BCUT2D eigenvalue weighted by molar-refractivity contribution is 9.10. The molecule has 0 radical (unpaired) electrons. The van der Waals surface area contributed by atoms with Gasteiger partial charge >= 0.3 is 5.97 Å². The highest BCUT2D eigenvalue weighted by Gasteiger charge is 2.13. The zero-order chi connectivity index (χ0) is 20.8. The van der Waals surface area contributed by atoms with Crippen LogP contribution in [0.4, 0.5) is 10.1 Å². The van der Waals surface area contributed by atoms with E-state index in [0.717, 1.165) is 10.0 Å². The van der Waals surface area contributed by atoms with Crippen LogP contribution in [0.3, 0.4) is 0 Å². The number of aryl methyl sites for hydroxylation is 2. The Morgan fingerprint density at radius 1 is 1.21 bits per heavy atom. The van der Waals surface area contributed by atoms with Gasteiger partial charge in [0, 0.05) is 22.1 Å². The Morgan fingerprint density at radius 2 is 1.97 bits per heavy atom. The van der Waals surface area contributed by atoms with Gasteiger partial charge in [0.25, 0.3) is 5.91 Å². The summed E-state index contributed by atoms with van der Waals surface area (Å²) < 4.78 is 23.9. The van der Waals surface area contributed by atoms with Gasteiger partial charge < -0.3 is 14.6 Å². The van der Waals surface area contributed by atoms with Gasteiger partial charge in [0.05, 0.1) is 6.42 Å². The number of esters is 1. The standard InChI is InChI=1S/C20H17BrFN3O4/c1-12-10-14(21)4-7-16(12)23-17(26)11-28-19(27)9-8-18-24-20(25-29-18)13-2-5-15(22)6-3-13/h2-7,10H,8-9,11H2,1H3,(H,23,26). The number of nitrogens with zero attached hydrogens (tertiary/aromatic N) is 2. The first-order valence-electron chi connectivity index (χ1n) is 8.71. The van der Waals surface area contributed by atoms with Crippen LogP contribution in [0, 0.1) is 12.7 Å². The number of hydrogen-bond donors (Lipinski definition) is 1. The molecule has 0 fully saturated rings. The Bertz CT molecular complexity index is 1020. The first-order valence-corrected chi connectivity index (χ1v) is 9.50. The molecule has 150 valence electrons. The van der Waals surface area contributed by atoms with Crippen LogP contribution in [0.1, 0.15) is 17.9 Å². The third-order valence-corrected chi connectivity index (χ3v) is 4.43. The molecule has 9 heteroatoms. The van der Waals surface area contributed by atoms with Crippen LogP contribution in [0.15, 0.2) is 51.5 Å². The molecule has 1 amide bonds. The molecule has 3 rings (SSSR count). The summed E-state index contributed by atoms with van der Waals surface area (Å²) in [5.74, 6) is -0.803. The van der Waals surface area contributed by atoms with E-state index in [-0.39, 0.29) is 31.2 Å². The van der Waals surface area contributed by atoms with Crippen molar-refractivity contribution < 1.29 is 23.2 Å². The molecule has 0 atom stereocenters. The maximum Gasteiger partial charge on any atom is 0.306 e. The van der Waals surface area contributed by atoms with E-state index in [1.165, 1.54) is 24.3 Å². The van der Waals surface area contributed by atoms with Crippen LogP contribution >= 0.6 is 15.9 Å². The predicted octanol–water partition coefficient (Wildman–Crippen LogP) is 4.06. The monoisotopic (exact) mass is 461 g/mol. The molecule has 1 aromatic heterocycles. The first kappa shape index (κ1) is 20.7. The molecular formula is C20H17BrFN3O4. The largest absolute Gasteiger partial charge is 0.456 e. The minimum Gasteiger partial charge on any atom is -0.456 e. The Labute approximate surface area is 174 Å². The second-order valence-electron chi connectivity index (χ2n) is 6.19. The summed E-state index contributed by atoms with van der Waals surface area (Å²) in [7, 11) is 0. The molecule has 1 N–H and O–H groups in total. The molecule has 0 unspecified atom stereocenters.